The Kier molecular flexibility index (Phi) is 8.45. The monoisotopic (exact) mass is 414 g/mol. The van der Waals surface area contributed by atoms with Gasteiger partial charge in [-0.3, -0.25) is 9.59 Å². The SMILES string of the molecule is CC(C)CN(CC(=O)N(Cc1ccccc1)Cc1cccs1)C(=O)CC(C)(C)C. The molecule has 0 spiro atoms. The molecule has 2 aromatic rings. The Balaban J connectivity index is 2.16. The highest BCUT2D eigenvalue weighted by Crippen LogP contribution is 2.21. The molecule has 1 aromatic carbocycles. The van der Waals surface area contributed by atoms with Gasteiger partial charge < -0.3 is 9.80 Å². The molecule has 29 heavy (non-hydrogen) atoms. The third kappa shape index (κ3) is 8.40. The number of rotatable bonds is 9. The zero-order valence-corrected chi connectivity index (χ0v) is 19.2. The first-order valence-corrected chi connectivity index (χ1v) is 11.1. The molecule has 1 aromatic heterocycles. The minimum atomic E-state index is -0.101. The Morgan fingerprint density at radius 3 is 2.17 bits per heavy atom. The van der Waals surface area contributed by atoms with Gasteiger partial charge in [-0.15, -0.1) is 11.3 Å². The lowest BCUT2D eigenvalue weighted by molar-refractivity contribution is -0.142. The second-order valence-electron chi connectivity index (χ2n) is 9.22. The fourth-order valence-electron chi connectivity index (χ4n) is 3.15. The molecule has 2 amide bonds. The van der Waals surface area contributed by atoms with Crippen LogP contribution in [-0.2, 0) is 22.7 Å². The van der Waals surface area contributed by atoms with Crippen molar-refractivity contribution in [1.82, 2.24) is 9.80 Å². The van der Waals surface area contributed by atoms with E-state index < -0.39 is 0 Å². The van der Waals surface area contributed by atoms with Crippen LogP contribution >= 0.6 is 11.3 Å². The summed E-state index contributed by atoms with van der Waals surface area (Å²) in [6.45, 7) is 12.2. The number of hydrogen-bond acceptors (Lipinski definition) is 3. The predicted octanol–water partition coefficient (Wildman–Crippen LogP) is 5.20. The van der Waals surface area contributed by atoms with Crippen LogP contribution in [0.2, 0.25) is 0 Å². The highest BCUT2D eigenvalue weighted by atomic mass is 32.1. The van der Waals surface area contributed by atoms with Gasteiger partial charge in [0.05, 0.1) is 13.1 Å². The lowest BCUT2D eigenvalue weighted by Gasteiger charge is -2.30. The summed E-state index contributed by atoms with van der Waals surface area (Å²) in [6, 6.07) is 14.1. The molecule has 0 unspecified atom stereocenters. The lowest BCUT2D eigenvalue weighted by Crippen LogP contribution is -2.44. The van der Waals surface area contributed by atoms with E-state index in [1.807, 2.05) is 52.7 Å². The van der Waals surface area contributed by atoms with Gasteiger partial charge in [0, 0.05) is 24.4 Å². The standard InChI is InChI=1S/C24H34N2O2S/c1-19(2)15-25(22(27)14-24(3,4)5)18-23(28)26(17-21-12-9-13-29-21)16-20-10-7-6-8-11-20/h6-13,19H,14-18H2,1-5H3. The van der Waals surface area contributed by atoms with Gasteiger partial charge in [-0.2, -0.15) is 0 Å². The Labute approximate surface area is 179 Å². The minimum Gasteiger partial charge on any atom is -0.333 e. The number of thiophene rings is 1. The van der Waals surface area contributed by atoms with Gasteiger partial charge in [0.1, 0.15) is 0 Å². The summed E-state index contributed by atoms with van der Waals surface area (Å²) in [7, 11) is 0. The smallest absolute Gasteiger partial charge is 0.242 e. The highest BCUT2D eigenvalue weighted by molar-refractivity contribution is 7.09. The molecule has 2 rings (SSSR count). The third-order valence-electron chi connectivity index (χ3n) is 4.44. The van der Waals surface area contributed by atoms with Crippen molar-refractivity contribution >= 4 is 23.2 Å². The summed E-state index contributed by atoms with van der Waals surface area (Å²) < 4.78 is 0. The van der Waals surface area contributed by atoms with Crippen molar-refractivity contribution in [2.24, 2.45) is 11.3 Å². The second kappa shape index (κ2) is 10.6. The van der Waals surface area contributed by atoms with Crippen molar-refractivity contribution in [1.29, 1.82) is 0 Å². The zero-order chi connectivity index (χ0) is 21.4. The van der Waals surface area contributed by atoms with Crippen LogP contribution in [0.4, 0.5) is 0 Å². The van der Waals surface area contributed by atoms with Gasteiger partial charge in [0.2, 0.25) is 11.8 Å². The van der Waals surface area contributed by atoms with Gasteiger partial charge in [-0.1, -0.05) is 71.0 Å². The fraction of sp³-hybridized carbons (Fsp3) is 0.500. The van der Waals surface area contributed by atoms with Gasteiger partial charge in [0.15, 0.2) is 0 Å². The minimum absolute atomic E-state index is 0.00911. The van der Waals surface area contributed by atoms with Crippen molar-refractivity contribution in [3.8, 4) is 0 Å². The number of amides is 2. The third-order valence-corrected chi connectivity index (χ3v) is 5.30. The van der Waals surface area contributed by atoms with Crippen LogP contribution in [0.25, 0.3) is 0 Å². The van der Waals surface area contributed by atoms with Crippen LogP contribution in [0.3, 0.4) is 0 Å². The average Bonchev–Trinajstić information content (AvgIpc) is 3.12. The summed E-state index contributed by atoms with van der Waals surface area (Å²) in [5.74, 6) is 0.354. The molecule has 0 fully saturated rings. The van der Waals surface area contributed by atoms with Crippen LogP contribution in [0.1, 0.15) is 51.5 Å². The van der Waals surface area contributed by atoms with Crippen molar-refractivity contribution < 1.29 is 9.59 Å². The number of carbonyl (C=O) groups is 2. The van der Waals surface area contributed by atoms with Gasteiger partial charge >= 0.3 is 0 Å². The number of benzene rings is 1. The van der Waals surface area contributed by atoms with Crippen molar-refractivity contribution in [3.05, 3.63) is 58.3 Å². The quantitative estimate of drug-likeness (QED) is 0.566. The van der Waals surface area contributed by atoms with E-state index in [9.17, 15) is 9.59 Å². The highest BCUT2D eigenvalue weighted by Gasteiger charge is 2.25. The van der Waals surface area contributed by atoms with E-state index in [0.29, 0.717) is 32.0 Å². The molecular weight excluding hydrogens is 380 g/mol. The van der Waals surface area contributed by atoms with E-state index in [-0.39, 0.29) is 23.8 Å². The van der Waals surface area contributed by atoms with Crippen LogP contribution in [0, 0.1) is 11.3 Å². The van der Waals surface area contributed by atoms with Gasteiger partial charge in [-0.05, 0) is 28.3 Å². The average molecular weight is 415 g/mol. The summed E-state index contributed by atoms with van der Waals surface area (Å²) in [5, 5.41) is 2.03. The van der Waals surface area contributed by atoms with Crippen molar-refractivity contribution in [2.45, 2.75) is 54.1 Å². The molecule has 0 saturated carbocycles. The maximum atomic E-state index is 13.3. The van der Waals surface area contributed by atoms with Crippen LogP contribution in [0.15, 0.2) is 47.8 Å². The molecule has 1 heterocycles. The Morgan fingerprint density at radius 2 is 1.62 bits per heavy atom. The van der Waals surface area contributed by atoms with Gasteiger partial charge in [-0.25, -0.2) is 0 Å². The second-order valence-corrected chi connectivity index (χ2v) is 10.3. The molecule has 5 heteroatoms. The number of hydrogen-bond donors (Lipinski definition) is 0. The molecule has 4 nitrogen and oxygen atoms in total. The molecule has 0 N–H and O–H groups in total. The molecule has 158 valence electrons. The van der Waals surface area contributed by atoms with E-state index >= 15 is 0 Å². The molecule has 0 atom stereocenters. The lowest BCUT2D eigenvalue weighted by atomic mass is 9.91. The molecular formula is C24H34N2O2S. The maximum absolute atomic E-state index is 13.3. The Morgan fingerprint density at radius 1 is 0.931 bits per heavy atom. The van der Waals surface area contributed by atoms with E-state index in [2.05, 4.69) is 34.6 Å². The molecule has 0 aliphatic carbocycles. The van der Waals surface area contributed by atoms with E-state index in [1.165, 1.54) is 0 Å². The normalized spacial score (nSPS) is 11.5. The summed E-state index contributed by atoms with van der Waals surface area (Å²) in [4.78, 5) is 30.9. The van der Waals surface area contributed by atoms with Crippen LogP contribution < -0.4 is 0 Å². The summed E-state index contributed by atoms with van der Waals surface area (Å²) in [5.41, 5.74) is 0.990. The molecule has 0 saturated heterocycles. The molecule has 0 aliphatic heterocycles. The van der Waals surface area contributed by atoms with Crippen molar-refractivity contribution in [3.63, 3.8) is 0 Å². The molecule has 0 radical (unpaired) electrons. The first-order chi connectivity index (χ1) is 13.6. The van der Waals surface area contributed by atoms with E-state index in [4.69, 9.17) is 0 Å². The predicted molar refractivity (Wildman–Crippen MR) is 121 cm³/mol. The van der Waals surface area contributed by atoms with Crippen LogP contribution in [0.5, 0.6) is 0 Å². The molecule has 0 aliphatic rings. The maximum Gasteiger partial charge on any atom is 0.242 e. The van der Waals surface area contributed by atoms with Crippen LogP contribution in [-0.4, -0.2) is 34.7 Å². The summed E-state index contributed by atoms with van der Waals surface area (Å²) >= 11 is 1.65. The number of carbonyl (C=O) groups excluding carboxylic acids is 2. The van der Waals surface area contributed by atoms with E-state index in [1.54, 1.807) is 16.2 Å². The van der Waals surface area contributed by atoms with Crippen molar-refractivity contribution in [2.75, 3.05) is 13.1 Å². The first-order valence-electron chi connectivity index (χ1n) is 10.3. The fourth-order valence-corrected chi connectivity index (χ4v) is 3.87. The number of nitrogens with zero attached hydrogens (tertiary/aromatic N) is 2. The van der Waals surface area contributed by atoms with E-state index in [0.717, 1.165) is 10.4 Å². The zero-order valence-electron chi connectivity index (χ0n) is 18.4. The first kappa shape index (κ1) is 23.1. The van der Waals surface area contributed by atoms with Gasteiger partial charge in [0.25, 0.3) is 0 Å². The topological polar surface area (TPSA) is 40.6 Å². The summed E-state index contributed by atoms with van der Waals surface area (Å²) in [6.07, 6.45) is 0.441. The molecule has 0 bridgehead atoms. The Bertz CT molecular complexity index is 764. The largest absolute Gasteiger partial charge is 0.333 e. The Hall–Kier alpha value is -2.14.